The third kappa shape index (κ3) is 4.81. The minimum absolute atomic E-state index is 0.619. The number of hydrogen-bond acceptors (Lipinski definition) is 4. The molecule has 2 aromatic heterocycles. The molecule has 0 fully saturated rings. The van der Waals surface area contributed by atoms with Crippen molar-refractivity contribution in [2.45, 2.75) is 0 Å². The zero-order valence-corrected chi connectivity index (χ0v) is 24.2. The van der Waals surface area contributed by atoms with Gasteiger partial charge in [0.05, 0.1) is 22.7 Å². The lowest BCUT2D eigenvalue weighted by atomic mass is 10.0. The van der Waals surface area contributed by atoms with Crippen molar-refractivity contribution >= 4 is 21.8 Å². The molecule has 45 heavy (non-hydrogen) atoms. The second-order valence-corrected chi connectivity index (χ2v) is 10.9. The summed E-state index contributed by atoms with van der Waals surface area (Å²) in [7, 11) is 0. The Hall–Kier alpha value is -6.38. The molecule has 0 unspecified atom stereocenters. The lowest BCUT2D eigenvalue weighted by Crippen LogP contribution is -2.00. The molecule has 5 nitrogen and oxygen atoms in total. The molecule has 5 heteroatoms. The molecule has 0 N–H and O–H groups in total. The molecule has 0 aliphatic carbocycles. The topological polar surface area (TPSA) is 67.4 Å². The van der Waals surface area contributed by atoms with E-state index in [2.05, 4.69) is 71.3 Å². The second kappa shape index (κ2) is 11.0. The van der Waals surface area contributed by atoms with E-state index in [9.17, 15) is 5.26 Å². The largest absolute Gasteiger partial charge is 0.309 e. The van der Waals surface area contributed by atoms with Crippen LogP contribution in [-0.4, -0.2) is 19.5 Å². The highest BCUT2D eigenvalue weighted by atomic mass is 15.0. The maximum atomic E-state index is 9.29. The standard InChI is InChI=1S/C40H25N5/c41-26-27-16-18-28(19-17-27)31-20-22-36-34(24-31)35-25-32(21-23-37(35)45(36)33-14-8-3-9-15-33)40-43-38(29-10-4-1-5-11-29)42-39(44-40)30-12-6-2-7-13-30/h1-25H. The summed E-state index contributed by atoms with van der Waals surface area (Å²) in [4.78, 5) is 14.8. The van der Waals surface area contributed by atoms with Gasteiger partial charge in [0.25, 0.3) is 0 Å². The van der Waals surface area contributed by atoms with Crippen molar-refractivity contribution in [3.8, 4) is 57.0 Å². The number of rotatable bonds is 5. The molecule has 8 aromatic rings. The zero-order valence-electron chi connectivity index (χ0n) is 24.2. The van der Waals surface area contributed by atoms with E-state index in [0.717, 1.165) is 55.3 Å². The molecule has 0 atom stereocenters. The van der Waals surface area contributed by atoms with E-state index in [1.807, 2.05) is 91.0 Å². The van der Waals surface area contributed by atoms with Crippen LogP contribution in [0.1, 0.15) is 5.56 Å². The van der Waals surface area contributed by atoms with Crippen LogP contribution in [0.2, 0.25) is 0 Å². The van der Waals surface area contributed by atoms with Crippen LogP contribution < -0.4 is 0 Å². The van der Waals surface area contributed by atoms with Gasteiger partial charge in [0.1, 0.15) is 0 Å². The van der Waals surface area contributed by atoms with Crippen LogP contribution in [0.5, 0.6) is 0 Å². The average Bonchev–Trinajstić information content (AvgIpc) is 3.45. The second-order valence-electron chi connectivity index (χ2n) is 10.9. The van der Waals surface area contributed by atoms with Gasteiger partial charge in [-0.25, -0.2) is 15.0 Å². The third-order valence-corrected chi connectivity index (χ3v) is 8.08. The van der Waals surface area contributed by atoms with Gasteiger partial charge >= 0.3 is 0 Å². The lowest BCUT2D eigenvalue weighted by Gasteiger charge is -2.09. The summed E-state index contributed by atoms with van der Waals surface area (Å²) in [6, 6.07) is 53.4. The van der Waals surface area contributed by atoms with Crippen LogP contribution in [0.3, 0.4) is 0 Å². The predicted octanol–water partition coefficient (Wildman–Crippen LogP) is 9.51. The van der Waals surface area contributed by atoms with Gasteiger partial charge < -0.3 is 4.57 Å². The SMILES string of the molecule is N#Cc1ccc(-c2ccc3c(c2)c2cc(-c4nc(-c5ccccc5)nc(-c5ccccc5)n4)ccc2n3-c2ccccc2)cc1. The quantitative estimate of drug-likeness (QED) is 0.205. The first-order valence-corrected chi connectivity index (χ1v) is 14.8. The van der Waals surface area contributed by atoms with Gasteiger partial charge in [-0.3, -0.25) is 0 Å². The molecular weight excluding hydrogens is 550 g/mol. The van der Waals surface area contributed by atoms with Crippen LogP contribution in [0.25, 0.3) is 72.8 Å². The molecule has 0 radical (unpaired) electrons. The smallest absolute Gasteiger partial charge is 0.164 e. The summed E-state index contributed by atoms with van der Waals surface area (Å²) in [6.07, 6.45) is 0. The number of fused-ring (bicyclic) bond motifs is 3. The fourth-order valence-corrected chi connectivity index (χ4v) is 5.87. The molecule has 2 heterocycles. The Morgan fingerprint density at radius 3 is 1.40 bits per heavy atom. The molecule has 0 aliphatic heterocycles. The van der Waals surface area contributed by atoms with E-state index in [1.54, 1.807) is 0 Å². The van der Waals surface area contributed by atoms with Gasteiger partial charge in [-0.05, 0) is 65.7 Å². The van der Waals surface area contributed by atoms with Crippen molar-refractivity contribution in [3.05, 3.63) is 157 Å². The van der Waals surface area contributed by atoms with Crippen LogP contribution in [0, 0.1) is 11.3 Å². The first kappa shape index (κ1) is 26.3. The number of nitriles is 1. The molecule has 8 rings (SSSR count). The van der Waals surface area contributed by atoms with Crippen molar-refractivity contribution in [3.63, 3.8) is 0 Å². The number of nitrogens with zero attached hydrogens (tertiary/aromatic N) is 5. The Kier molecular flexibility index (Phi) is 6.44. The van der Waals surface area contributed by atoms with E-state index in [4.69, 9.17) is 15.0 Å². The van der Waals surface area contributed by atoms with Crippen molar-refractivity contribution in [1.29, 1.82) is 5.26 Å². The van der Waals surface area contributed by atoms with E-state index in [0.29, 0.717) is 23.0 Å². The molecule has 0 saturated carbocycles. The molecule has 0 saturated heterocycles. The number of para-hydroxylation sites is 1. The van der Waals surface area contributed by atoms with Crippen LogP contribution in [0.4, 0.5) is 0 Å². The maximum absolute atomic E-state index is 9.29. The summed E-state index contributed by atoms with van der Waals surface area (Å²) in [5.74, 6) is 1.89. The van der Waals surface area contributed by atoms with Crippen LogP contribution in [-0.2, 0) is 0 Å². The highest BCUT2D eigenvalue weighted by Gasteiger charge is 2.17. The van der Waals surface area contributed by atoms with Gasteiger partial charge in [-0.15, -0.1) is 0 Å². The van der Waals surface area contributed by atoms with Gasteiger partial charge in [-0.1, -0.05) is 97.1 Å². The monoisotopic (exact) mass is 575 g/mol. The maximum Gasteiger partial charge on any atom is 0.164 e. The van der Waals surface area contributed by atoms with Gasteiger partial charge in [0.15, 0.2) is 17.5 Å². The highest BCUT2D eigenvalue weighted by Crippen LogP contribution is 2.37. The van der Waals surface area contributed by atoms with Crippen LogP contribution in [0.15, 0.2) is 152 Å². The average molecular weight is 576 g/mol. The zero-order chi connectivity index (χ0) is 30.2. The Labute approximate surface area is 260 Å². The molecular formula is C40H25N5. The summed E-state index contributed by atoms with van der Waals surface area (Å²) in [6.45, 7) is 0. The van der Waals surface area contributed by atoms with E-state index in [-0.39, 0.29) is 0 Å². The van der Waals surface area contributed by atoms with Crippen molar-refractivity contribution in [2.75, 3.05) is 0 Å². The molecule has 0 bridgehead atoms. The summed E-state index contributed by atoms with van der Waals surface area (Å²) in [5.41, 5.74) is 8.87. The van der Waals surface area contributed by atoms with Crippen molar-refractivity contribution in [1.82, 2.24) is 19.5 Å². The minimum atomic E-state index is 0.619. The first-order valence-electron chi connectivity index (χ1n) is 14.8. The minimum Gasteiger partial charge on any atom is -0.309 e. The van der Waals surface area contributed by atoms with E-state index < -0.39 is 0 Å². The predicted molar refractivity (Wildman–Crippen MR) is 181 cm³/mol. The Bertz CT molecular complexity index is 2300. The molecule has 0 amide bonds. The van der Waals surface area contributed by atoms with Gasteiger partial charge in [-0.2, -0.15) is 5.26 Å². The number of aromatic nitrogens is 4. The van der Waals surface area contributed by atoms with E-state index in [1.165, 1.54) is 0 Å². The lowest BCUT2D eigenvalue weighted by molar-refractivity contribution is 1.07. The Morgan fingerprint density at radius 2 is 0.867 bits per heavy atom. The van der Waals surface area contributed by atoms with Crippen LogP contribution >= 0.6 is 0 Å². The van der Waals surface area contributed by atoms with Crippen molar-refractivity contribution < 1.29 is 0 Å². The van der Waals surface area contributed by atoms with Crippen molar-refractivity contribution in [2.24, 2.45) is 0 Å². The van der Waals surface area contributed by atoms with Gasteiger partial charge in [0.2, 0.25) is 0 Å². The summed E-state index contributed by atoms with van der Waals surface area (Å²) >= 11 is 0. The fourth-order valence-electron chi connectivity index (χ4n) is 5.87. The molecule has 210 valence electrons. The number of benzene rings is 6. The normalized spacial score (nSPS) is 11.1. The Morgan fingerprint density at radius 1 is 0.422 bits per heavy atom. The molecule has 6 aromatic carbocycles. The number of hydrogen-bond donors (Lipinski definition) is 0. The van der Waals surface area contributed by atoms with Gasteiger partial charge in [0, 0.05) is 33.2 Å². The summed E-state index contributed by atoms with van der Waals surface area (Å²) in [5, 5.41) is 11.5. The highest BCUT2D eigenvalue weighted by molar-refractivity contribution is 6.11. The third-order valence-electron chi connectivity index (χ3n) is 8.08. The molecule has 0 aliphatic rings. The van der Waals surface area contributed by atoms with E-state index >= 15 is 0 Å². The fraction of sp³-hybridized carbons (Fsp3) is 0. The Balaban J connectivity index is 1.36. The summed E-state index contributed by atoms with van der Waals surface area (Å²) < 4.78 is 2.30. The molecule has 0 spiro atoms. The first-order chi connectivity index (χ1) is 22.2.